The van der Waals surface area contributed by atoms with Crippen LogP contribution in [0.4, 0.5) is 0 Å². The SMILES string of the molecule is NS(=O)(=O)c1ccc(Oc2cn[nH]n2)cc1.O=C=O. The van der Waals surface area contributed by atoms with Crippen LogP contribution < -0.4 is 9.88 Å². The molecule has 2 aromatic rings. The molecule has 0 radical (unpaired) electrons. The Morgan fingerprint density at radius 3 is 2.21 bits per heavy atom. The number of hydrogen-bond donors (Lipinski definition) is 2. The van der Waals surface area contributed by atoms with E-state index in [-0.39, 0.29) is 11.0 Å². The van der Waals surface area contributed by atoms with E-state index in [1.807, 2.05) is 0 Å². The van der Waals surface area contributed by atoms with Gasteiger partial charge in [0, 0.05) is 0 Å². The van der Waals surface area contributed by atoms with Crippen molar-refractivity contribution in [1.29, 1.82) is 0 Å². The van der Waals surface area contributed by atoms with Gasteiger partial charge in [0.25, 0.3) is 5.88 Å². The molecular formula is C9H8N4O5S. The molecule has 9 nitrogen and oxygen atoms in total. The van der Waals surface area contributed by atoms with Gasteiger partial charge in [-0.2, -0.15) is 19.9 Å². The summed E-state index contributed by atoms with van der Waals surface area (Å²) in [4.78, 5) is 16.3. The largest absolute Gasteiger partial charge is 0.436 e. The minimum atomic E-state index is -3.67. The Morgan fingerprint density at radius 2 is 1.79 bits per heavy atom. The lowest BCUT2D eigenvalue weighted by atomic mass is 10.3. The van der Waals surface area contributed by atoms with Crippen molar-refractivity contribution in [3.8, 4) is 11.6 Å². The Kier molecular flexibility index (Phi) is 4.89. The van der Waals surface area contributed by atoms with Crippen molar-refractivity contribution in [3.05, 3.63) is 30.5 Å². The van der Waals surface area contributed by atoms with Crippen LogP contribution >= 0.6 is 0 Å². The van der Waals surface area contributed by atoms with E-state index >= 15 is 0 Å². The quantitative estimate of drug-likeness (QED) is 0.783. The van der Waals surface area contributed by atoms with E-state index in [0.29, 0.717) is 11.6 Å². The molecule has 0 saturated carbocycles. The molecule has 3 N–H and O–H groups in total. The number of aromatic nitrogens is 3. The second-order valence-electron chi connectivity index (χ2n) is 3.01. The van der Waals surface area contributed by atoms with Gasteiger partial charge in [-0.3, -0.25) is 0 Å². The molecule has 100 valence electrons. The molecule has 0 bridgehead atoms. The first-order valence-electron chi connectivity index (χ1n) is 4.63. The number of carbonyl (C=O) groups excluding carboxylic acids is 2. The number of nitrogens with one attached hydrogen (secondary N) is 1. The maximum Gasteiger partial charge on any atom is 0.373 e. The van der Waals surface area contributed by atoms with Gasteiger partial charge >= 0.3 is 6.15 Å². The highest BCUT2D eigenvalue weighted by molar-refractivity contribution is 7.89. The van der Waals surface area contributed by atoms with Crippen LogP contribution in [0.25, 0.3) is 0 Å². The summed E-state index contributed by atoms with van der Waals surface area (Å²) in [6.45, 7) is 0. The van der Waals surface area contributed by atoms with Crippen LogP contribution in [-0.2, 0) is 19.6 Å². The highest BCUT2D eigenvalue weighted by Crippen LogP contribution is 2.19. The monoisotopic (exact) mass is 284 g/mol. The molecule has 0 aliphatic heterocycles. The third kappa shape index (κ3) is 4.68. The first kappa shape index (κ1) is 14.5. The maximum absolute atomic E-state index is 11.0. The van der Waals surface area contributed by atoms with Gasteiger partial charge in [-0.1, -0.05) is 0 Å². The first-order chi connectivity index (χ1) is 8.97. The van der Waals surface area contributed by atoms with E-state index in [2.05, 4.69) is 15.4 Å². The summed E-state index contributed by atoms with van der Waals surface area (Å²) in [6.07, 6.45) is 1.65. The van der Waals surface area contributed by atoms with Crippen molar-refractivity contribution in [2.24, 2.45) is 5.14 Å². The Hall–Kier alpha value is -2.55. The molecule has 0 aliphatic carbocycles. The van der Waals surface area contributed by atoms with Gasteiger partial charge < -0.3 is 4.74 Å². The van der Waals surface area contributed by atoms with Gasteiger partial charge in [0.2, 0.25) is 10.0 Å². The minimum absolute atomic E-state index is 0.0278. The van der Waals surface area contributed by atoms with E-state index in [1.165, 1.54) is 30.5 Å². The standard InChI is InChI=1S/C8H8N4O3S.CO2/c9-16(13,14)7-3-1-6(2-4-7)15-8-5-10-12-11-8;2-1-3/h1-5H,(H2,9,13,14)(H,10,11,12);. The minimum Gasteiger partial charge on any atom is -0.436 e. The Bertz CT molecular complexity index is 644. The van der Waals surface area contributed by atoms with Crippen LogP contribution in [-0.4, -0.2) is 30.0 Å². The van der Waals surface area contributed by atoms with E-state index in [4.69, 9.17) is 19.5 Å². The van der Waals surface area contributed by atoms with Gasteiger partial charge in [-0.05, 0) is 24.3 Å². The zero-order chi connectivity index (χ0) is 14.3. The number of aromatic amines is 1. The van der Waals surface area contributed by atoms with Gasteiger partial charge in [0.05, 0.1) is 4.90 Å². The van der Waals surface area contributed by atoms with Gasteiger partial charge in [-0.25, -0.2) is 13.6 Å². The van der Waals surface area contributed by atoms with E-state index in [9.17, 15) is 8.42 Å². The lowest BCUT2D eigenvalue weighted by molar-refractivity contribution is -0.191. The van der Waals surface area contributed by atoms with Crippen molar-refractivity contribution >= 4 is 16.2 Å². The number of benzene rings is 1. The summed E-state index contributed by atoms with van der Waals surface area (Å²) < 4.78 is 27.2. The molecule has 1 aromatic heterocycles. The van der Waals surface area contributed by atoms with E-state index in [0.717, 1.165) is 0 Å². The maximum atomic E-state index is 11.0. The number of H-pyrrole nitrogens is 1. The number of nitrogens with two attached hydrogens (primary N) is 1. The Labute approximate surface area is 107 Å². The van der Waals surface area contributed by atoms with E-state index < -0.39 is 10.0 Å². The number of ether oxygens (including phenoxy) is 1. The van der Waals surface area contributed by atoms with Crippen molar-refractivity contribution in [3.63, 3.8) is 0 Å². The number of nitrogens with zero attached hydrogens (tertiary/aromatic N) is 2. The summed E-state index contributed by atoms with van der Waals surface area (Å²) >= 11 is 0. The molecular weight excluding hydrogens is 276 g/mol. The lowest BCUT2D eigenvalue weighted by Crippen LogP contribution is -2.11. The summed E-state index contributed by atoms with van der Waals surface area (Å²) in [5, 5.41) is 14.6. The number of primary sulfonamides is 1. The van der Waals surface area contributed by atoms with Crippen molar-refractivity contribution in [2.75, 3.05) is 0 Å². The fourth-order valence-electron chi connectivity index (χ4n) is 1.06. The van der Waals surface area contributed by atoms with Crippen LogP contribution in [0, 0.1) is 0 Å². The molecule has 0 aliphatic rings. The summed E-state index contributed by atoms with van der Waals surface area (Å²) in [5.41, 5.74) is 0. The average Bonchev–Trinajstić information content (AvgIpc) is 2.82. The molecule has 10 heteroatoms. The molecule has 1 aromatic carbocycles. The smallest absolute Gasteiger partial charge is 0.373 e. The van der Waals surface area contributed by atoms with Crippen LogP contribution in [0.2, 0.25) is 0 Å². The number of hydrogen-bond acceptors (Lipinski definition) is 7. The van der Waals surface area contributed by atoms with Gasteiger partial charge in [0.1, 0.15) is 11.9 Å². The van der Waals surface area contributed by atoms with E-state index in [1.54, 1.807) is 0 Å². The summed E-state index contributed by atoms with van der Waals surface area (Å²) in [7, 11) is -3.67. The normalized spacial score (nSPS) is 9.95. The summed E-state index contributed by atoms with van der Waals surface area (Å²) in [6, 6.07) is 5.67. The molecule has 0 spiro atoms. The molecule has 0 unspecified atom stereocenters. The third-order valence-corrected chi connectivity index (χ3v) is 2.70. The zero-order valence-electron chi connectivity index (χ0n) is 9.31. The predicted octanol–water partition coefficient (Wildman–Crippen LogP) is -0.339. The topological polar surface area (TPSA) is 145 Å². The first-order valence-corrected chi connectivity index (χ1v) is 6.18. The predicted molar refractivity (Wildman–Crippen MR) is 59.3 cm³/mol. The third-order valence-electron chi connectivity index (χ3n) is 1.77. The van der Waals surface area contributed by atoms with Crippen LogP contribution in [0.3, 0.4) is 0 Å². The lowest BCUT2D eigenvalue weighted by Gasteiger charge is -2.02. The Morgan fingerprint density at radius 1 is 1.21 bits per heavy atom. The highest BCUT2D eigenvalue weighted by Gasteiger charge is 2.07. The fraction of sp³-hybridized carbons (Fsp3) is 0. The molecule has 0 atom stereocenters. The molecule has 2 rings (SSSR count). The number of rotatable bonds is 3. The Balaban J connectivity index is 0.000000550. The highest BCUT2D eigenvalue weighted by atomic mass is 32.2. The second kappa shape index (κ2) is 6.40. The molecule has 19 heavy (non-hydrogen) atoms. The van der Waals surface area contributed by atoms with Gasteiger partial charge in [0.15, 0.2) is 0 Å². The molecule has 1 heterocycles. The molecule has 0 fully saturated rings. The second-order valence-corrected chi connectivity index (χ2v) is 4.57. The van der Waals surface area contributed by atoms with Crippen LogP contribution in [0.5, 0.6) is 11.6 Å². The molecule has 0 amide bonds. The zero-order valence-corrected chi connectivity index (χ0v) is 10.1. The van der Waals surface area contributed by atoms with Crippen LogP contribution in [0.1, 0.15) is 0 Å². The molecule has 0 saturated heterocycles. The van der Waals surface area contributed by atoms with Crippen molar-refractivity contribution < 1.29 is 22.7 Å². The number of sulfonamides is 1. The average molecular weight is 284 g/mol. The van der Waals surface area contributed by atoms with Gasteiger partial charge in [-0.15, -0.1) is 5.10 Å². The van der Waals surface area contributed by atoms with Crippen LogP contribution in [0.15, 0.2) is 35.4 Å². The van der Waals surface area contributed by atoms with Crippen molar-refractivity contribution in [2.45, 2.75) is 4.90 Å². The fourth-order valence-corrected chi connectivity index (χ4v) is 1.57. The van der Waals surface area contributed by atoms with Crippen molar-refractivity contribution in [1.82, 2.24) is 15.4 Å². The summed E-state index contributed by atoms with van der Waals surface area (Å²) in [5.74, 6) is 0.740.